The molecule has 6 nitrogen and oxygen atoms in total. The molecule has 0 saturated carbocycles. The Kier molecular flexibility index (Phi) is 6.32. The van der Waals surface area contributed by atoms with Gasteiger partial charge in [-0.1, -0.05) is 0 Å². The summed E-state index contributed by atoms with van der Waals surface area (Å²) < 4.78 is 22.4. The van der Waals surface area contributed by atoms with Crippen molar-refractivity contribution in [2.24, 2.45) is 0 Å². The number of carbonyl (C=O) groups is 1. The summed E-state index contributed by atoms with van der Waals surface area (Å²) in [4.78, 5) is 15.0. The van der Waals surface area contributed by atoms with Gasteiger partial charge in [-0.15, -0.1) is 0 Å². The summed E-state index contributed by atoms with van der Waals surface area (Å²) in [6.45, 7) is 5.28. The third-order valence-electron chi connectivity index (χ3n) is 4.59. The zero-order valence-electron chi connectivity index (χ0n) is 17.6. The van der Waals surface area contributed by atoms with Gasteiger partial charge in [0.2, 0.25) is 5.75 Å². The van der Waals surface area contributed by atoms with Crippen LogP contribution in [0.15, 0.2) is 35.9 Å². The number of rotatable bonds is 7. The predicted molar refractivity (Wildman–Crippen MR) is 114 cm³/mol. The molecule has 29 heavy (non-hydrogen) atoms. The minimum Gasteiger partial charge on any atom is -0.493 e. The number of ether oxygens (including phenoxy) is 4. The molecule has 0 saturated heterocycles. The Morgan fingerprint density at radius 3 is 2.59 bits per heavy atom. The van der Waals surface area contributed by atoms with Crippen molar-refractivity contribution in [1.29, 1.82) is 0 Å². The average Bonchev–Trinajstić information content (AvgIpc) is 2.72. The van der Waals surface area contributed by atoms with Gasteiger partial charge in [-0.2, -0.15) is 0 Å². The van der Waals surface area contributed by atoms with Crippen LogP contribution in [-0.2, 0) is 0 Å². The smallest absolute Gasteiger partial charge is 0.203 e. The number of ketones is 1. The zero-order chi connectivity index (χ0) is 21.0. The van der Waals surface area contributed by atoms with Crippen molar-refractivity contribution in [3.05, 3.63) is 47.0 Å². The summed E-state index contributed by atoms with van der Waals surface area (Å²) in [5.74, 6) is 2.52. The summed E-state index contributed by atoms with van der Waals surface area (Å²) in [5.41, 5.74) is 2.90. The van der Waals surface area contributed by atoms with Crippen molar-refractivity contribution in [2.75, 3.05) is 45.9 Å². The summed E-state index contributed by atoms with van der Waals surface area (Å²) >= 11 is 0. The highest BCUT2D eigenvalue weighted by atomic mass is 16.6. The fraction of sp³-hybridized carbons (Fsp3) is 0.348. The molecular formula is C23H27NO5. The molecule has 3 rings (SSSR count). The molecule has 1 aliphatic rings. The van der Waals surface area contributed by atoms with E-state index in [0.29, 0.717) is 48.2 Å². The minimum atomic E-state index is -0.0509. The quantitative estimate of drug-likeness (QED) is 0.515. The van der Waals surface area contributed by atoms with E-state index >= 15 is 0 Å². The Balaban J connectivity index is 1.92. The van der Waals surface area contributed by atoms with Crippen molar-refractivity contribution in [3.63, 3.8) is 0 Å². The summed E-state index contributed by atoms with van der Waals surface area (Å²) in [6.07, 6.45) is 1.83. The fourth-order valence-corrected chi connectivity index (χ4v) is 3.21. The van der Waals surface area contributed by atoms with E-state index in [1.807, 2.05) is 56.3 Å². The van der Waals surface area contributed by atoms with Crippen LogP contribution in [0.5, 0.6) is 23.0 Å². The van der Waals surface area contributed by atoms with Gasteiger partial charge in [-0.05, 0) is 61.4 Å². The first-order valence-corrected chi connectivity index (χ1v) is 9.59. The second-order valence-corrected chi connectivity index (χ2v) is 6.91. The van der Waals surface area contributed by atoms with Crippen molar-refractivity contribution in [1.82, 2.24) is 0 Å². The van der Waals surface area contributed by atoms with Gasteiger partial charge < -0.3 is 23.8 Å². The lowest BCUT2D eigenvalue weighted by molar-refractivity contribution is 0.103. The number of nitrogens with zero attached hydrogens (tertiary/aromatic N) is 1. The SMILES string of the molecule is CCOc1ccc(C(=O)C(C)=Cc2cc(OC)c3c(c2)OCCO3)cc1N(C)C. The lowest BCUT2D eigenvalue weighted by atomic mass is 10.0. The van der Waals surface area contributed by atoms with E-state index in [1.54, 1.807) is 20.1 Å². The second-order valence-electron chi connectivity index (χ2n) is 6.91. The Morgan fingerprint density at radius 2 is 1.90 bits per heavy atom. The number of Topliss-reactive ketones (excluding diaryl/α,β-unsaturated/α-hetero) is 1. The molecule has 0 aliphatic carbocycles. The van der Waals surface area contributed by atoms with Gasteiger partial charge in [-0.25, -0.2) is 0 Å². The van der Waals surface area contributed by atoms with Crippen molar-refractivity contribution >= 4 is 17.5 Å². The van der Waals surface area contributed by atoms with Crippen molar-refractivity contribution < 1.29 is 23.7 Å². The van der Waals surface area contributed by atoms with Gasteiger partial charge in [0.1, 0.15) is 19.0 Å². The molecule has 2 aromatic carbocycles. The lowest BCUT2D eigenvalue weighted by Crippen LogP contribution is -2.16. The molecule has 0 radical (unpaired) electrons. The molecule has 0 spiro atoms. The van der Waals surface area contributed by atoms with E-state index < -0.39 is 0 Å². The monoisotopic (exact) mass is 397 g/mol. The first-order chi connectivity index (χ1) is 13.9. The Bertz CT molecular complexity index is 916. The van der Waals surface area contributed by atoms with E-state index in [0.717, 1.165) is 17.0 Å². The van der Waals surface area contributed by atoms with Gasteiger partial charge in [0.15, 0.2) is 17.3 Å². The zero-order valence-corrected chi connectivity index (χ0v) is 17.6. The van der Waals surface area contributed by atoms with E-state index in [4.69, 9.17) is 18.9 Å². The molecule has 0 fully saturated rings. The van der Waals surface area contributed by atoms with E-state index in [-0.39, 0.29) is 5.78 Å². The van der Waals surface area contributed by atoms with Crippen LogP contribution >= 0.6 is 0 Å². The van der Waals surface area contributed by atoms with Crippen molar-refractivity contribution in [2.45, 2.75) is 13.8 Å². The largest absolute Gasteiger partial charge is 0.493 e. The van der Waals surface area contributed by atoms with Crippen molar-refractivity contribution in [3.8, 4) is 23.0 Å². The lowest BCUT2D eigenvalue weighted by Gasteiger charge is -2.21. The number of benzene rings is 2. The van der Waals surface area contributed by atoms with E-state index in [9.17, 15) is 4.79 Å². The molecule has 0 N–H and O–H groups in total. The molecule has 0 atom stereocenters. The Labute approximate surface area is 171 Å². The highest BCUT2D eigenvalue weighted by molar-refractivity contribution is 6.11. The number of fused-ring (bicyclic) bond motifs is 1. The number of anilines is 1. The maximum absolute atomic E-state index is 13.0. The van der Waals surface area contributed by atoms with Crippen LogP contribution in [0, 0.1) is 0 Å². The maximum atomic E-state index is 13.0. The highest BCUT2D eigenvalue weighted by Crippen LogP contribution is 2.41. The molecule has 1 aliphatic heterocycles. The minimum absolute atomic E-state index is 0.0509. The van der Waals surface area contributed by atoms with Crippen LogP contribution in [0.3, 0.4) is 0 Å². The predicted octanol–water partition coefficient (Wildman–Crippen LogP) is 4.22. The second kappa shape index (κ2) is 8.90. The van der Waals surface area contributed by atoms with Gasteiger partial charge in [0.25, 0.3) is 0 Å². The normalized spacial score (nSPS) is 13.1. The van der Waals surface area contributed by atoms with Gasteiger partial charge in [0, 0.05) is 19.7 Å². The average molecular weight is 397 g/mol. The summed E-state index contributed by atoms with van der Waals surface area (Å²) in [7, 11) is 5.44. The van der Waals surface area contributed by atoms with Crippen LogP contribution in [0.1, 0.15) is 29.8 Å². The van der Waals surface area contributed by atoms with Gasteiger partial charge in [-0.3, -0.25) is 4.79 Å². The molecule has 0 unspecified atom stereocenters. The molecule has 0 bridgehead atoms. The number of hydrogen-bond acceptors (Lipinski definition) is 6. The molecule has 0 amide bonds. The number of carbonyl (C=O) groups excluding carboxylic acids is 1. The van der Waals surface area contributed by atoms with E-state index in [1.165, 1.54) is 0 Å². The van der Waals surface area contributed by atoms with Crippen LogP contribution in [0.4, 0.5) is 5.69 Å². The molecule has 154 valence electrons. The first kappa shape index (κ1) is 20.6. The third kappa shape index (κ3) is 4.47. The van der Waals surface area contributed by atoms with Crippen LogP contribution < -0.4 is 23.8 Å². The number of hydrogen-bond donors (Lipinski definition) is 0. The van der Waals surface area contributed by atoms with Crippen LogP contribution in [-0.4, -0.2) is 46.8 Å². The fourth-order valence-electron chi connectivity index (χ4n) is 3.21. The third-order valence-corrected chi connectivity index (χ3v) is 4.59. The Morgan fingerprint density at radius 1 is 1.14 bits per heavy atom. The summed E-state index contributed by atoms with van der Waals surface area (Å²) in [5, 5.41) is 0. The summed E-state index contributed by atoms with van der Waals surface area (Å²) in [6, 6.07) is 9.19. The van der Waals surface area contributed by atoms with Crippen LogP contribution in [0.2, 0.25) is 0 Å². The highest BCUT2D eigenvalue weighted by Gasteiger charge is 2.19. The topological polar surface area (TPSA) is 57.2 Å². The first-order valence-electron chi connectivity index (χ1n) is 9.59. The molecule has 0 aromatic heterocycles. The van der Waals surface area contributed by atoms with Gasteiger partial charge >= 0.3 is 0 Å². The Hall–Kier alpha value is -3.15. The maximum Gasteiger partial charge on any atom is 0.203 e. The van der Waals surface area contributed by atoms with Gasteiger partial charge in [0.05, 0.1) is 19.4 Å². The molecule has 1 heterocycles. The number of methoxy groups -OCH3 is 1. The van der Waals surface area contributed by atoms with E-state index in [2.05, 4.69) is 0 Å². The molecule has 2 aromatic rings. The number of allylic oxidation sites excluding steroid dienone is 1. The molecular weight excluding hydrogens is 370 g/mol. The van der Waals surface area contributed by atoms with Crippen LogP contribution in [0.25, 0.3) is 6.08 Å². The standard InChI is InChI=1S/C23H27NO5/c1-6-27-19-8-7-17(14-18(19)24(3)4)22(25)15(2)11-16-12-20(26-5)23-21(13-16)28-9-10-29-23/h7-8,11-14H,6,9-10H2,1-5H3. The molecule has 6 heteroatoms.